The first-order valence-electron chi connectivity index (χ1n) is 16.7. The van der Waals surface area contributed by atoms with Crippen molar-refractivity contribution in [3.8, 4) is 0 Å². The SMILES string of the molecule is CCCCN1C=CC(=CC2=C(O)C(=c3ccc(=c4c(=O)c(=Cc5cc[n+](CCCC)c6ccccc56)c4=O)cc3)C2=O)c2ccccc21. The number of aliphatic hydroxyl groups excluding tert-OH is 1. The Labute approximate surface area is 278 Å². The number of Topliss-reactive ketones (excluding diaryl/α,β-unsaturated/α-hetero) is 1. The van der Waals surface area contributed by atoms with Gasteiger partial charge < -0.3 is 10.0 Å². The van der Waals surface area contributed by atoms with Crippen LogP contribution in [-0.2, 0) is 11.3 Å². The molecule has 1 aliphatic carbocycles. The predicted octanol–water partition coefficient (Wildman–Crippen LogP) is 5.40. The zero-order valence-corrected chi connectivity index (χ0v) is 27.2. The van der Waals surface area contributed by atoms with E-state index in [1.807, 2.05) is 60.9 Å². The number of aryl methyl sites for hydroxylation is 1. The second kappa shape index (κ2) is 12.9. The summed E-state index contributed by atoms with van der Waals surface area (Å²) in [6.45, 7) is 6.14. The van der Waals surface area contributed by atoms with E-state index in [0.29, 0.717) is 10.4 Å². The molecule has 2 heterocycles. The average molecular weight is 634 g/mol. The van der Waals surface area contributed by atoms with Gasteiger partial charge in [0.2, 0.25) is 22.2 Å². The van der Waals surface area contributed by atoms with Gasteiger partial charge in [0, 0.05) is 42.5 Å². The largest absolute Gasteiger partial charge is 0.506 e. The second-order valence-electron chi connectivity index (χ2n) is 12.4. The smallest absolute Gasteiger partial charge is 0.213 e. The summed E-state index contributed by atoms with van der Waals surface area (Å²) in [5.74, 6) is -0.300. The number of allylic oxidation sites excluding steroid dienone is 5. The molecule has 1 N–H and O–H groups in total. The third-order valence-electron chi connectivity index (χ3n) is 9.39. The van der Waals surface area contributed by atoms with E-state index in [9.17, 15) is 19.5 Å². The number of nitrogens with zero attached hydrogens (tertiary/aromatic N) is 2. The molecular weight excluding hydrogens is 596 g/mol. The predicted molar refractivity (Wildman–Crippen MR) is 191 cm³/mol. The van der Waals surface area contributed by atoms with Gasteiger partial charge in [-0.25, -0.2) is 0 Å². The minimum absolute atomic E-state index is 0.0562. The van der Waals surface area contributed by atoms with Crippen molar-refractivity contribution in [3.63, 3.8) is 0 Å². The Bertz CT molecular complexity index is 2460. The third-order valence-corrected chi connectivity index (χ3v) is 9.39. The van der Waals surface area contributed by atoms with E-state index >= 15 is 0 Å². The molecule has 0 fully saturated rings. The number of para-hydroxylation sites is 2. The molecule has 7 rings (SSSR count). The number of benzene rings is 3. The summed E-state index contributed by atoms with van der Waals surface area (Å²) in [6, 6.07) is 24.8. The van der Waals surface area contributed by atoms with Gasteiger partial charge in [0.1, 0.15) is 12.3 Å². The topological polar surface area (TPSA) is 78.6 Å². The standard InChI is InChI=1S/C42H36N2O4/c1-3-5-21-43-23-19-29(31-11-7-9-13-35(31)43)25-33-39(45)37(40(33)46)27-15-17-28(18-16-27)38-41(47)34(42(38)48)26-30-20-24-44(22-6-4-2)36-14-10-8-12-32(30)36/h7-20,23-26H,3-6,21-22H2,1-2H3/p+1. The van der Waals surface area contributed by atoms with E-state index in [1.54, 1.807) is 36.4 Å². The molecule has 1 aliphatic heterocycles. The van der Waals surface area contributed by atoms with Crippen molar-refractivity contribution in [2.75, 3.05) is 11.4 Å². The molecule has 0 amide bonds. The molecule has 4 aromatic carbocycles. The Balaban J connectivity index is 1.22. The van der Waals surface area contributed by atoms with Gasteiger partial charge in [0.25, 0.3) is 0 Å². The minimum Gasteiger partial charge on any atom is -0.506 e. The first-order chi connectivity index (χ1) is 23.4. The number of aliphatic hydroxyl groups is 1. The fourth-order valence-electron chi connectivity index (χ4n) is 6.66. The van der Waals surface area contributed by atoms with Crippen LogP contribution in [0.5, 0.6) is 0 Å². The number of pyridine rings is 1. The first kappa shape index (κ1) is 31.0. The van der Waals surface area contributed by atoms with Crippen molar-refractivity contribution in [3.05, 3.63) is 167 Å². The van der Waals surface area contributed by atoms with Crippen molar-refractivity contribution >= 4 is 39.6 Å². The van der Waals surface area contributed by atoms with Crippen molar-refractivity contribution in [2.45, 2.75) is 46.1 Å². The molecular formula is C42H37N2O4+. The van der Waals surface area contributed by atoms with Gasteiger partial charge in [-0.2, -0.15) is 4.57 Å². The number of anilines is 1. The fraction of sp³-hybridized carbons (Fsp3) is 0.190. The number of unbranched alkanes of at least 4 members (excludes halogenated alkanes) is 2. The zero-order valence-electron chi connectivity index (χ0n) is 27.2. The van der Waals surface area contributed by atoms with Crippen molar-refractivity contribution in [1.29, 1.82) is 0 Å². The molecule has 0 atom stereocenters. The van der Waals surface area contributed by atoms with Crippen LogP contribution in [0.1, 0.15) is 50.7 Å². The highest BCUT2D eigenvalue weighted by atomic mass is 16.3. The van der Waals surface area contributed by atoms with Crippen LogP contribution in [0.4, 0.5) is 5.69 Å². The average Bonchev–Trinajstić information content (AvgIpc) is 3.12. The monoisotopic (exact) mass is 633 g/mol. The molecule has 0 bridgehead atoms. The van der Waals surface area contributed by atoms with E-state index in [2.05, 4.69) is 35.4 Å². The normalized spacial score (nSPS) is 15.0. The number of carbonyl (C=O) groups is 1. The van der Waals surface area contributed by atoms with Gasteiger partial charge in [-0.1, -0.05) is 81.3 Å². The highest BCUT2D eigenvalue weighted by Crippen LogP contribution is 2.37. The zero-order chi connectivity index (χ0) is 33.4. The summed E-state index contributed by atoms with van der Waals surface area (Å²) < 4.78 is 2.20. The van der Waals surface area contributed by atoms with E-state index in [0.717, 1.165) is 72.1 Å². The first-order valence-corrected chi connectivity index (χ1v) is 16.7. The summed E-state index contributed by atoms with van der Waals surface area (Å²) in [7, 11) is 0. The van der Waals surface area contributed by atoms with Gasteiger partial charge in [-0.3, -0.25) is 14.4 Å². The van der Waals surface area contributed by atoms with Gasteiger partial charge >= 0.3 is 0 Å². The Morgan fingerprint density at radius 1 is 0.792 bits per heavy atom. The molecule has 1 aromatic heterocycles. The highest BCUT2D eigenvalue weighted by molar-refractivity contribution is 6.37. The summed E-state index contributed by atoms with van der Waals surface area (Å²) in [5, 5.41) is 13.3. The number of hydrogen-bond acceptors (Lipinski definition) is 5. The number of hydrogen-bond donors (Lipinski definition) is 1. The van der Waals surface area contributed by atoms with Gasteiger partial charge in [-0.15, -0.1) is 0 Å². The van der Waals surface area contributed by atoms with Crippen LogP contribution in [0.15, 0.2) is 124 Å². The third kappa shape index (κ3) is 5.33. The van der Waals surface area contributed by atoms with Crippen molar-refractivity contribution in [2.24, 2.45) is 0 Å². The maximum Gasteiger partial charge on any atom is 0.213 e. The summed E-state index contributed by atoms with van der Waals surface area (Å²) >= 11 is 0. The number of rotatable bonds is 8. The lowest BCUT2D eigenvalue weighted by atomic mass is 9.84. The molecule has 0 radical (unpaired) electrons. The van der Waals surface area contributed by atoms with Crippen molar-refractivity contribution < 1.29 is 14.5 Å². The summed E-state index contributed by atoms with van der Waals surface area (Å²) in [5.41, 5.74) is 4.76. The second-order valence-corrected chi connectivity index (χ2v) is 12.4. The quantitative estimate of drug-likeness (QED) is 0.232. The molecule has 6 heteroatoms. The number of aromatic nitrogens is 1. The van der Waals surface area contributed by atoms with Crippen LogP contribution in [0.3, 0.4) is 0 Å². The van der Waals surface area contributed by atoms with E-state index in [-0.39, 0.29) is 44.0 Å². The van der Waals surface area contributed by atoms with Crippen LogP contribution in [0.25, 0.3) is 28.1 Å². The van der Waals surface area contributed by atoms with Crippen LogP contribution in [0.2, 0.25) is 0 Å². The molecule has 6 nitrogen and oxygen atoms in total. The van der Waals surface area contributed by atoms with Gasteiger partial charge in [0.05, 0.1) is 27.0 Å². The Hall–Kier alpha value is -5.62. The molecule has 5 aromatic rings. The molecule has 0 saturated heterocycles. The highest BCUT2D eigenvalue weighted by Gasteiger charge is 2.33. The molecule has 2 aliphatic rings. The summed E-state index contributed by atoms with van der Waals surface area (Å²) in [6.07, 6.45) is 13.8. The summed E-state index contributed by atoms with van der Waals surface area (Å²) in [4.78, 5) is 42.0. The number of ketones is 1. The Morgan fingerprint density at radius 3 is 2.25 bits per heavy atom. The van der Waals surface area contributed by atoms with E-state index in [4.69, 9.17) is 0 Å². The maximum atomic E-state index is 13.3. The minimum atomic E-state index is -0.294. The van der Waals surface area contributed by atoms with Crippen molar-refractivity contribution in [1.82, 2.24) is 0 Å². The molecule has 0 spiro atoms. The lowest BCUT2D eigenvalue weighted by Gasteiger charge is -2.28. The number of fused-ring (bicyclic) bond motifs is 2. The fourth-order valence-corrected chi connectivity index (χ4v) is 6.66. The van der Waals surface area contributed by atoms with E-state index < -0.39 is 0 Å². The van der Waals surface area contributed by atoms with E-state index in [1.165, 1.54) is 0 Å². The lowest BCUT2D eigenvalue weighted by molar-refractivity contribution is -0.671. The molecule has 48 heavy (non-hydrogen) atoms. The van der Waals surface area contributed by atoms with Crippen LogP contribution >= 0.6 is 0 Å². The van der Waals surface area contributed by atoms with Crippen LogP contribution < -0.4 is 30.8 Å². The maximum absolute atomic E-state index is 13.3. The van der Waals surface area contributed by atoms with Gasteiger partial charge in [0.15, 0.2) is 6.20 Å². The molecule has 0 saturated carbocycles. The van der Waals surface area contributed by atoms with Crippen LogP contribution in [-0.4, -0.2) is 17.4 Å². The molecule has 0 unspecified atom stereocenters. The van der Waals surface area contributed by atoms with Gasteiger partial charge in [-0.05, 0) is 58.4 Å². The Kier molecular flexibility index (Phi) is 8.32. The Morgan fingerprint density at radius 2 is 1.50 bits per heavy atom. The number of carbonyl (C=O) groups excluding carboxylic acids is 1. The lowest BCUT2D eigenvalue weighted by Crippen LogP contribution is -2.49. The molecule has 238 valence electrons. The van der Waals surface area contributed by atoms with Crippen LogP contribution in [0, 0.1) is 10.4 Å².